The highest BCUT2D eigenvalue weighted by Crippen LogP contribution is 2.26. The number of hydrogen-bond acceptors (Lipinski definition) is 2. The molecule has 1 aromatic rings. The van der Waals surface area contributed by atoms with Crippen LogP contribution in [0.25, 0.3) is 0 Å². The zero-order chi connectivity index (χ0) is 14.1. The molecule has 0 aliphatic carbocycles. The molecule has 108 valence electrons. The summed E-state index contributed by atoms with van der Waals surface area (Å²) in [6.45, 7) is 2.74. The Morgan fingerprint density at radius 1 is 1.50 bits per heavy atom. The van der Waals surface area contributed by atoms with E-state index in [1.807, 2.05) is 6.07 Å². The smallest absolute Gasteiger partial charge is 0.317 e. The summed E-state index contributed by atoms with van der Waals surface area (Å²) in [5.74, 6) is -0.241. The Labute approximate surface area is 125 Å². The van der Waals surface area contributed by atoms with Crippen molar-refractivity contribution < 1.29 is 9.18 Å². The van der Waals surface area contributed by atoms with Crippen molar-refractivity contribution in [3.05, 3.63) is 33.5 Å². The maximum absolute atomic E-state index is 14.0. The van der Waals surface area contributed by atoms with Crippen LogP contribution in [0.3, 0.4) is 0 Å². The van der Waals surface area contributed by atoms with Crippen molar-refractivity contribution >= 4 is 22.0 Å². The van der Waals surface area contributed by atoms with Crippen LogP contribution in [0.4, 0.5) is 9.18 Å². The van der Waals surface area contributed by atoms with Crippen molar-refractivity contribution in [1.29, 1.82) is 0 Å². The fraction of sp³-hybridized carbons (Fsp3) is 0.500. The molecule has 0 radical (unpaired) electrons. The first-order valence-electron chi connectivity index (χ1n) is 6.86. The Balaban J connectivity index is 1.70. The van der Waals surface area contributed by atoms with Gasteiger partial charge in [-0.2, -0.15) is 0 Å². The molecule has 2 aliphatic heterocycles. The van der Waals surface area contributed by atoms with E-state index in [4.69, 9.17) is 0 Å². The molecule has 3 rings (SSSR count). The first kappa shape index (κ1) is 13.8. The topological polar surface area (TPSA) is 44.4 Å². The van der Waals surface area contributed by atoms with Crippen molar-refractivity contribution in [2.75, 3.05) is 19.6 Å². The summed E-state index contributed by atoms with van der Waals surface area (Å²) in [4.78, 5) is 13.9. The number of nitrogens with one attached hydrogen (secondary N) is 2. The number of rotatable bonds is 1. The lowest BCUT2D eigenvalue weighted by Crippen LogP contribution is -2.47. The quantitative estimate of drug-likeness (QED) is 0.820. The van der Waals surface area contributed by atoms with Gasteiger partial charge in [-0.1, -0.05) is 15.9 Å². The molecule has 1 fully saturated rings. The Morgan fingerprint density at radius 2 is 2.35 bits per heavy atom. The van der Waals surface area contributed by atoms with Crippen LogP contribution < -0.4 is 10.6 Å². The number of amides is 2. The summed E-state index contributed by atoms with van der Waals surface area (Å²) in [7, 11) is 0. The van der Waals surface area contributed by atoms with Gasteiger partial charge in [-0.05, 0) is 37.1 Å². The standard InChI is InChI=1S/C14H17BrFN3O/c15-10-5-9-2-4-19(8-12(9)13(16)6-10)14(20)18-11-1-3-17-7-11/h5-6,11,17H,1-4,7-8H2,(H,18,20)/t11-/m0/s1. The monoisotopic (exact) mass is 341 g/mol. The van der Waals surface area contributed by atoms with Gasteiger partial charge in [-0.25, -0.2) is 9.18 Å². The van der Waals surface area contributed by atoms with E-state index in [0.29, 0.717) is 25.1 Å². The van der Waals surface area contributed by atoms with Gasteiger partial charge in [0.25, 0.3) is 0 Å². The number of benzene rings is 1. The van der Waals surface area contributed by atoms with Gasteiger partial charge in [-0.3, -0.25) is 0 Å². The third-order valence-electron chi connectivity index (χ3n) is 3.93. The Hall–Kier alpha value is -1.14. The SMILES string of the molecule is O=C(N[C@H]1CCNC1)N1CCc2cc(Br)cc(F)c2C1. The number of urea groups is 1. The summed E-state index contributed by atoms with van der Waals surface area (Å²) in [5, 5.41) is 6.22. The van der Waals surface area contributed by atoms with Crippen molar-refractivity contribution in [1.82, 2.24) is 15.5 Å². The number of hydrogen-bond donors (Lipinski definition) is 2. The molecule has 2 N–H and O–H groups in total. The van der Waals surface area contributed by atoms with Crippen LogP contribution in [-0.4, -0.2) is 36.6 Å². The minimum absolute atomic E-state index is 0.0910. The van der Waals surface area contributed by atoms with E-state index in [1.54, 1.807) is 4.90 Å². The third-order valence-corrected chi connectivity index (χ3v) is 4.39. The Morgan fingerprint density at radius 3 is 3.10 bits per heavy atom. The highest BCUT2D eigenvalue weighted by molar-refractivity contribution is 9.10. The predicted molar refractivity (Wildman–Crippen MR) is 78.0 cm³/mol. The molecule has 20 heavy (non-hydrogen) atoms. The van der Waals surface area contributed by atoms with E-state index < -0.39 is 0 Å². The maximum Gasteiger partial charge on any atom is 0.317 e. The van der Waals surface area contributed by atoms with E-state index in [0.717, 1.165) is 29.5 Å². The van der Waals surface area contributed by atoms with Gasteiger partial charge in [0.2, 0.25) is 0 Å². The first-order valence-corrected chi connectivity index (χ1v) is 7.66. The number of carbonyl (C=O) groups excluding carboxylic acids is 1. The van der Waals surface area contributed by atoms with Crippen LogP contribution in [0, 0.1) is 5.82 Å². The molecule has 1 saturated heterocycles. The largest absolute Gasteiger partial charge is 0.334 e. The van der Waals surface area contributed by atoms with Gasteiger partial charge in [-0.15, -0.1) is 0 Å². The maximum atomic E-state index is 14.0. The molecule has 4 nitrogen and oxygen atoms in total. The van der Waals surface area contributed by atoms with E-state index in [9.17, 15) is 9.18 Å². The van der Waals surface area contributed by atoms with Gasteiger partial charge < -0.3 is 15.5 Å². The predicted octanol–water partition coefficient (Wildman–Crippen LogP) is 2.02. The highest BCUT2D eigenvalue weighted by Gasteiger charge is 2.25. The van der Waals surface area contributed by atoms with Gasteiger partial charge >= 0.3 is 6.03 Å². The summed E-state index contributed by atoms with van der Waals surface area (Å²) < 4.78 is 14.7. The molecular weight excluding hydrogens is 325 g/mol. The van der Waals surface area contributed by atoms with Crippen LogP contribution in [-0.2, 0) is 13.0 Å². The molecule has 6 heteroatoms. The molecule has 1 aromatic carbocycles. The van der Waals surface area contributed by atoms with Crippen LogP contribution in [0.2, 0.25) is 0 Å². The molecule has 0 spiro atoms. The minimum atomic E-state index is -0.241. The fourth-order valence-electron chi connectivity index (χ4n) is 2.80. The van der Waals surface area contributed by atoms with Crippen molar-refractivity contribution in [2.24, 2.45) is 0 Å². The number of fused-ring (bicyclic) bond motifs is 1. The zero-order valence-electron chi connectivity index (χ0n) is 11.1. The summed E-state index contributed by atoms with van der Waals surface area (Å²) >= 11 is 3.30. The second kappa shape index (κ2) is 5.69. The average molecular weight is 342 g/mol. The van der Waals surface area contributed by atoms with Crippen molar-refractivity contribution in [3.8, 4) is 0 Å². The fourth-order valence-corrected chi connectivity index (χ4v) is 3.28. The Bertz CT molecular complexity index is 531. The molecule has 2 aliphatic rings. The van der Waals surface area contributed by atoms with Crippen molar-refractivity contribution in [2.45, 2.75) is 25.4 Å². The Kier molecular flexibility index (Phi) is 3.94. The number of nitrogens with zero attached hydrogens (tertiary/aromatic N) is 1. The van der Waals surface area contributed by atoms with Crippen LogP contribution in [0.15, 0.2) is 16.6 Å². The second-order valence-electron chi connectivity index (χ2n) is 5.34. The second-order valence-corrected chi connectivity index (χ2v) is 6.25. The molecular formula is C14H17BrFN3O. The molecule has 0 bridgehead atoms. The van der Waals surface area contributed by atoms with E-state index in [2.05, 4.69) is 26.6 Å². The van der Waals surface area contributed by atoms with E-state index >= 15 is 0 Å². The van der Waals surface area contributed by atoms with Crippen molar-refractivity contribution in [3.63, 3.8) is 0 Å². The highest BCUT2D eigenvalue weighted by atomic mass is 79.9. The molecule has 0 unspecified atom stereocenters. The van der Waals surface area contributed by atoms with Crippen LogP contribution >= 0.6 is 15.9 Å². The lowest BCUT2D eigenvalue weighted by Gasteiger charge is -2.30. The molecule has 1 atom stereocenters. The van der Waals surface area contributed by atoms with E-state index in [1.165, 1.54) is 6.07 Å². The minimum Gasteiger partial charge on any atom is -0.334 e. The number of halogens is 2. The van der Waals surface area contributed by atoms with Gasteiger partial charge in [0, 0.05) is 29.2 Å². The summed E-state index contributed by atoms with van der Waals surface area (Å²) in [6, 6.07) is 3.50. The molecule has 0 aromatic heterocycles. The number of carbonyl (C=O) groups is 1. The lowest BCUT2D eigenvalue weighted by molar-refractivity contribution is 0.188. The molecule has 2 amide bonds. The van der Waals surface area contributed by atoms with E-state index in [-0.39, 0.29) is 17.9 Å². The molecule has 2 heterocycles. The van der Waals surface area contributed by atoms with Gasteiger partial charge in [0.05, 0.1) is 6.54 Å². The average Bonchev–Trinajstić information content (AvgIpc) is 2.91. The van der Waals surface area contributed by atoms with Crippen LogP contribution in [0.1, 0.15) is 17.5 Å². The zero-order valence-corrected chi connectivity index (χ0v) is 12.7. The first-order chi connectivity index (χ1) is 9.63. The third kappa shape index (κ3) is 2.81. The van der Waals surface area contributed by atoms with Gasteiger partial charge in [0.1, 0.15) is 5.82 Å². The normalized spacial score (nSPS) is 21.7. The summed E-state index contributed by atoms with van der Waals surface area (Å²) in [6.07, 6.45) is 1.65. The summed E-state index contributed by atoms with van der Waals surface area (Å²) in [5.41, 5.74) is 1.63. The molecule has 0 saturated carbocycles. The lowest BCUT2D eigenvalue weighted by atomic mass is 9.99. The van der Waals surface area contributed by atoms with Gasteiger partial charge in [0.15, 0.2) is 0 Å². The van der Waals surface area contributed by atoms with Crippen LogP contribution in [0.5, 0.6) is 0 Å².